The van der Waals surface area contributed by atoms with Gasteiger partial charge >= 0.3 is 11.6 Å². The lowest BCUT2D eigenvalue weighted by Gasteiger charge is -2.12. The van der Waals surface area contributed by atoms with Crippen molar-refractivity contribution in [1.82, 2.24) is 4.90 Å². The number of amides is 2. The molecule has 0 bridgehead atoms. The average Bonchev–Trinajstić information content (AvgIpc) is 3.09. The van der Waals surface area contributed by atoms with Crippen LogP contribution in [0.15, 0.2) is 69.9 Å². The van der Waals surface area contributed by atoms with E-state index < -0.39 is 17.5 Å². The first kappa shape index (κ1) is 21.6. The maximum absolute atomic E-state index is 12.8. The van der Waals surface area contributed by atoms with Crippen molar-refractivity contribution in [2.24, 2.45) is 0 Å². The lowest BCUT2D eigenvalue weighted by molar-refractivity contribution is 0.0473. The van der Waals surface area contributed by atoms with Crippen molar-refractivity contribution in [3.05, 3.63) is 93.3 Å². The summed E-state index contributed by atoms with van der Waals surface area (Å²) in [5, 5.41) is 2.54. The fourth-order valence-corrected chi connectivity index (χ4v) is 4.30. The number of fused-ring (bicyclic) bond motifs is 4. The van der Waals surface area contributed by atoms with E-state index in [9.17, 15) is 19.2 Å². The zero-order chi connectivity index (χ0) is 23.8. The molecular weight excluding hydrogens is 434 g/mol. The molecule has 1 aliphatic rings. The van der Waals surface area contributed by atoms with Crippen LogP contribution in [-0.4, -0.2) is 29.2 Å². The highest BCUT2D eigenvalue weighted by Gasteiger charge is 2.35. The first-order chi connectivity index (χ1) is 16.5. The third-order valence-electron chi connectivity index (χ3n) is 6.01. The molecule has 1 aromatic heterocycles. The Morgan fingerprint density at radius 3 is 2.56 bits per heavy atom. The topological polar surface area (TPSA) is 93.9 Å². The van der Waals surface area contributed by atoms with Crippen molar-refractivity contribution in [2.75, 3.05) is 6.54 Å². The van der Waals surface area contributed by atoms with E-state index in [1.165, 1.54) is 29.2 Å². The number of esters is 1. The van der Waals surface area contributed by atoms with Gasteiger partial charge in [-0.25, -0.2) is 9.59 Å². The molecule has 0 aliphatic carbocycles. The molecule has 1 aliphatic heterocycles. The van der Waals surface area contributed by atoms with Crippen LogP contribution in [-0.2, 0) is 11.3 Å². The van der Waals surface area contributed by atoms with Crippen molar-refractivity contribution >= 4 is 39.5 Å². The third kappa shape index (κ3) is 3.65. The molecule has 0 saturated carbocycles. The van der Waals surface area contributed by atoms with E-state index in [-0.39, 0.29) is 29.2 Å². The van der Waals surface area contributed by atoms with Crippen molar-refractivity contribution in [3.63, 3.8) is 0 Å². The van der Waals surface area contributed by atoms with E-state index in [4.69, 9.17) is 9.15 Å². The van der Waals surface area contributed by atoms with Crippen LogP contribution in [0.1, 0.15) is 56.4 Å². The van der Waals surface area contributed by atoms with Crippen LogP contribution >= 0.6 is 0 Å². The minimum atomic E-state index is -0.656. The number of rotatable bonds is 6. The molecule has 2 amide bonds. The van der Waals surface area contributed by atoms with Gasteiger partial charge in [-0.2, -0.15) is 0 Å². The Labute approximate surface area is 194 Å². The predicted octanol–water partition coefficient (Wildman–Crippen LogP) is 4.70. The van der Waals surface area contributed by atoms with Gasteiger partial charge in [0.2, 0.25) is 0 Å². The summed E-state index contributed by atoms with van der Waals surface area (Å²) in [4.78, 5) is 51.3. The molecule has 0 N–H and O–H groups in total. The van der Waals surface area contributed by atoms with Gasteiger partial charge in [0.1, 0.15) is 12.2 Å². The van der Waals surface area contributed by atoms with Gasteiger partial charge in [-0.1, -0.05) is 43.7 Å². The van der Waals surface area contributed by atoms with Gasteiger partial charge in [-0.15, -0.1) is 0 Å². The number of benzene rings is 3. The van der Waals surface area contributed by atoms with Crippen LogP contribution in [0.3, 0.4) is 0 Å². The lowest BCUT2D eigenvalue weighted by atomic mass is 10.0. The smallest absolute Gasteiger partial charge is 0.338 e. The van der Waals surface area contributed by atoms with Crippen LogP contribution in [0.25, 0.3) is 21.7 Å². The van der Waals surface area contributed by atoms with Gasteiger partial charge in [0.15, 0.2) is 0 Å². The van der Waals surface area contributed by atoms with Gasteiger partial charge in [-0.3, -0.25) is 14.5 Å². The van der Waals surface area contributed by atoms with Crippen LogP contribution < -0.4 is 5.63 Å². The highest BCUT2D eigenvalue weighted by molar-refractivity contribution is 6.22. The molecule has 0 radical (unpaired) electrons. The maximum Gasteiger partial charge on any atom is 0.338 e. The molecule has 7 nitrogen and oxygen atoms in total. The molecule has 0 saturated heterocycles. The normalized spacial score (nSPS) is 13.0. The molecule has 2 heterocycles. The van der Waals surface area contributed by atoms with Crippen LogP contribution in [0.4, 0.5) is 0 Å². The summed E-state index contributed by atoms with van der Waals surface area (Å²) in [5.41, 5.74) is 1.04. The molecular formula is C27H21NO6. The maximum atomic E-state index is 12.8. The molecule has 5 rings (SSSR count). The Kier molecular flexibility index (Phi) is 5.45. The summed E-state index contributed by atoms with van der Waals surface area (Å²) in [6.07, 6.45) is 1.57. The number of hydrogen-bond acceptors (Lipinski definition) is 6. The van der Waals surface area contributed by atoms with Crippen LogP contribution in [0, 0.1) is 0 Å². The summed E-state index contributed by atoms with van der Waals surface area (Å²) < 4.78 is 10.9. The number of carbonyl (C=O) groups is 3. The lowest BCUT2D eigenvalue weighted by Crippen LogP contribution is -2.30. The first-order valence-electron chi connectivity index (χ1n) is 11.1. The molecule has 0 fully saturated rings. The number of hydrogen-bond donors (Lipinski definition) is 0. The second-order valence-electron chi connectivity index (χ2n) is 8.20. The van der Waals surface area contributed by atoms with E-state index in [2.05, 4.69) is 0 Å². The SMILES string of the molecule is CCCCN1C(=O)c2ccc(C(=O)OCc3cc(=O)oc4ccc5ccccc5c34)cc2C1=O. The molecule has 4 aromatic rings. The molecule has 7 heteroatoms. The van der Waals surface area contributed by atoms with Gasteiger partial charge in [0, 0.05) is 23.6 Å². The quantitative estimate of drug-likeness (QED) is 0.181. The highest BCUT2D eigenvalue weighted by atomic mass is 16.5. The minimum absolute atomic E-state index is 0.151. The summed E-state index contributed by atoms with van der Waals surface area (Å²) in [5.74, 6) is -1.40. The summed E-state index contributed by atoms with van der Waals surface area (Å²) >= 11 is 0. The van der Waals surface area contributed by atoms with Crippen molar-refractivity contribution in [3.8, 4) is 0 Å². The van der Waals surface area contributed by atoms with E-state index in [1.54, 1.807) is 6.07 Å². The van der Waals surface area contributed by atoms with Gasteiger partial charge in [0.25, 0.3) is 11.8 Å². The average molecular weight is 455 g/mol. The van der Waals surface area contributed by atoms with Crippen LogP contribution in [0.5, 0.6) is 0 Å². The van der Waals surface area contributed by atoms with Crippen LogP contribution in [0.2, 0.25) is 0 Å². The third-order valence-corrected chi connectivity index (χ3v) is 6.01. The summed E-state index contributed by atoms with van der Waals surface area (Å²) in [7, 11) is 0. The Morgan fingerprint density at radius 2 is 1.74 bits per heavy atom. The molecule has 34 heavy (non-hydrogen) atoms. The Bertz CT molecular complexity index is 1530. The van der Waals surface area contributed by atoms with Crippen molar-refractivity contribution in [1.29, 1.82) is 0 Å². The minimum Gasteiger partial charge on any atom is -0.457 e. The summed E-state index contributed by atoms with van der Waals surface area (Å²) in [6, 6.07) is 16.9. The molecule has 0 spiro atoms. The van der Waals surface area contributed by atoms with E-state index in [0.717, 1.165) is 17.2 Å². The Morgan fingerprint density at radius 1 is 0.941 bits per heavy atom. The zero-order valence-corrected chi connectivity index (χ0v) is 18.5. The standard InChI is InChI=1S/C27H21NO6/c1-2-3-12-28-25(30)20-10-8-17(13-21(20)26(28)31)27(32)33-15-18-14-23(29)34-22-11-9-16-6-4-5-7-19(16)24(18)22/h4-11,13-14H,2-3,12,15H2,1H3. The first-order valence-corrected chi connectivity index (χ1v) is 11.1. The summed E-state index contributed by atoms with van der Waals surface area (Å²) in [6.45, 7) is 2.18. The molecule has 0 unspecified atom stereocenters. The molecule has 170 valence electrons. The second kappa shape index (κ2) is 8.59. The number of carbonyl (C=O) groups excluding carboxylic acids is 3. The fourth-order valence-electron chi connectivity index (χ4n) is 4.30. The number of ether oxygens (including phenoxy) is 1. The number of unbranched alkanes of at least 4 members (excludes halogenated alkanes) is 1. The highest BCUT2D eigenvalue weighted by Crippen LogP contribution is 2.28. The van der Waals surface area contributed by atoms with E-state index in [1.807, 2.05) is 37.3 Å². The molecule has 0 atom stereocenters. The fraction of sp³-hybridized carbons (Fsp3) is 0.185. The zero-order valence-electron chi connectivity index (χ0n) is 18.5. The van der Waals surface area contributed by atoms with Gasteiger partial charge < -0.3 is 9.15 Å². The second-order valence-corrected chi connectivity index (χ2v) is 8.20. The number of imide groups is 1. The largest absolute Gasteiger partial charge is 0.457 e. The van der Waals surface area contributed by atoms with Gasteiger partial charge in [0.05, 0.1) is 16.7 Å². The van der Waals surface area contributed by atoms with Gasteiger partial charge in [-0.05, 0) is 41.5 Å². The monoisotopic (exact) mass is 455 g/mol. The Hall–Kier alpha value is -4.26. The Balaban J connectivity index is 1.43. The predicted molar refractivity (Wildman–Crippen MR) is 126 cm³/mol. The van der Waals surface area contributed by atoms with Crippen molar-refractivity contribution in [2.45, 2.75) is 26.4 Å². The van der Waals surface area contributed by atoms with Crippen molar-refractivity contribution < 1.29 is 23.5 Å². The van der Waals surface area contributed by atoms with E-state index >= 15 is 0 Å². The van der Waals surface area contributed by atoms with E-state index in [0.29, 0.717) is 29.5 Å². The molecule has 3 aromatic carbocycles. The number of nitrogens with zero attached hydrogens (tertiary/aromatic N) is 1.